The molecule has 4 aromatic rings. The molecule has 5 rings (SSSR count). The number of nitrogens with one attached hydrogen (secondary N) is 1. The first kappa shape index (κ1) is 26.7. The third-order valence-corrected chi connectivity index (χ3v) is 8.81. The molecule has 0 saturated heterocycles. The fourth-order valence-corrected chi connectivity index (χ4v) is 5.51. The summed E-state index contributed by atoms with van der Waals surface area (Å²) in [5, 5.41) is 8.50. The summed E-state index contributed by atoms with van der Waals surface area (Å²) in [6.45, 7) is 6.06. The van der Waals surface area contributed by atoms with Crippen LogP contribution in [0.2, 0.25) is 0 Å². The van der Waals surface area contributed by atoms with Gasteiger partial charge in [-0.3, -0.25) is 4.68 Å². The molecule has 0 spiro atoms. The minimum absolute atomic E-state index is 0.00915. The van der Waals surface area contributed by atoms with Gasteiger partial charge in [-0.2, -0.15) is 13.5 Å². The average molecular weight is 570 g/mol. The minimum atomic E-state index is -3.33. The molecule has 0 bridgehead atoms. The van der Waals surface area contributed by atoms with Crippen LogP contribution >= 0.6 is 0 Å². The quantitative estimate of drug-likeness (QED) is 0.285. The lowest BCUT2D eigenvalue weighted by molar-refractivity contribution is -0.281. The van der Waals surface area contributed by atoms with E-state index in [1.165, 1.54) is 22.7 Å². The Kier molecular flexibility index (Phi) is 6.84. The highest BCUT2D eigenvalue weighted by Gasteiger charge is 2.31. The van der Waals surface area contributed by atoms with Crippen molar-refractivity contribution in [1.29, 1.82) is 0 Å². The lowest BCUT2D eigenvalue weighted by Crippen LogP contribution is -2.26. The van der Waals surface area contributed by atoms with Crippen LogP contribution in [0.3, 0.4) is 0 Å². The summed E-state index contributed by atoms with van der Waals surface area (Å²) < 4.78 is 52.0. The van der Waals surface area contributed by atoms with Gasteiger partial charge in [0.1, 0.15) is 32.8 Å². The standard InChI is InChI=1S/C25H29N8O4S2/c1-5-39(36,37)32-14-19(15-32)25-26-7-6-23(30-25)29-24-10-22-20(12-27-24)21(16-33(22)17(2)3)18-11-28-31(13-18)8-9-38(4,34)35/h6-7,10-17H,5,8-9H2,1-4H3,(H,26,27,29,30)/q+1. The first-order valence-electron chi connectivity index (χ1n) is 12.3. The maximum Gasteiger partial charge on any atom is 0.369 e. The summed E-state index contributed by atoms with van der Waals surface area (Å²) in [4.78, 5) is 13.4. The lowest BCUT2D eigenvalue weighted by Gasteiger charge is -2.11. The molecule has 0 saturated carbocycles. The van der Waals surface area contributed by atoms with Crippen LogP contribution in [0.1, 0.15) is 32.6 Å². The highest BCUT2D eigenvalue weighted by atomic mass is 32.2. The summed E-state index contributed by atoms with van der Waals surface area (Å²) in [6.07, 6.45) is 13.2. The molecule has 0 atom stereocenters. The molecule has 0 radical (unpaired) electrons. The van der Waals surface area contributed by atoms with Crippen LogP contribution in [0, 0.1) is 0 Å². The second-order valence-corrected chi connectivity index (χ2v) is 14.0. The maximum atomic E-state index is 12.0. The summed E-state index contributed by atoms with van der Waals surface area (Å²) in [6, 6.07) is 3.83. The SMILES string of the molecule is CCS(=O)(=O)[N+]1=CC(c2nccc(Nc3cc4c(cn3)c(-c3cnn(CCS(C)(=O)=O)c3)cn4C(C)C)n2)=C1. The van der Waals surface area contributed by atoms with E-state index in [4.69, 9.17) is 0 Å². The van der Waals surface area contributed by atoms with Crippen molar-refractivity contribution >= 4 is 54.2 Å². The Balaban J connectivity index is 1.41. The number of fused-ring (bicyclic) bond motifs is 1. The van der Waals surface area contributed by atoms with Crippen molar-refractivity contribution in [3.05, 3.63) is 55.1 Å². The summed E-state index contributed by atoms with van der Waals surface area (Å²) in [7, 11) is -6.42. The summed E-state index contributed by atoms with van der Waals surface area (Å²) in [5.74, 6) is 1.55. The number of aryl methyl sites for hydroxylation is 1. The molecule has 1 N–H and O–H groups in total. The molecule has 204 valence electrons. The van der Waals surface area contributed by atoms with Crippen LogP contribution in [0.15, 0.2) is 49.3 Å². The zero-order valence-electron chi connectivity index (χ0n) is 22.0. The number of nitrogens with zero attached hydrogens (tertiary/aromatic N) is 7. The number of hydrogen-bond acceptors (Lipinski definition) is 9. The number of allylic oxidation sites excluding steroid dienone is 1. The maximum absolute atomic E-state index is 12.0. The second kappa shape index (κ2) is 10.0. The van der Waals surface area contributed by atoms with Gasteiger partial charge in [-0.05, 0) is 26.8 Å². The van der Waals surface area contributed by atoms with E-state index in [2.05, 4.69) is 50.0 Å². The van der Waals surface area contributed by atoms with Crippen molar-refractivity contribution in [3.8, 4) is 11.1 Å². The molecular formula is C25H29N8O4S2+. The minimum Gasteiger partial charge on any atom is -0.344 e. The number of hydrogen-bond donors (Lipinski definition) is 1. The first-order valence-corrected chi connectivity index (χ1v) is 16.0. The van der Waals surface area contributed by atoms with E-state index < -0.39 is 19.9 Å². The Morgan fingerprint density at radius 3 is 2.54 bits per heavy atom. The molecule has 1 aliphatic rings. The van der Waals surface area contributed by atoms with Gasteiger partial charge in [0.05, 0.1) is 24.0 Å². The van der Waals surface area contributed by atoms with Gasteiger partial charge in [-0.25, -0.2) is 23.4 Å². The largest absolute Gasteiger partial charge is 0.369 e. The van der Waals surface area contributed by atoms with Crippen LogP contribution in [0.5, 0.6) is 0 Å². The molecule has 0 amide bonds. The molecule has 5 heterocycles. The van der Waals surface area contributed by atoms with E-state index in [0.717, 1.165) is 22.0 Å². The Morgan fingerprint density at radius 1 is 1.08 bits per heavy atom. The first-order chi connectivity index (χ1) is 18.4. The van der Waals surface area contributed by atoms with Crippen molar-refractivity contribution in [3.63, 3.8) is 0 Å². The van der Waals surface area contributed by atoms with Crippen LogP contribution in [-0.4, -0.2) is 74.1 Å². The van der Waals surface area contributed by atoms with Crippen molar-refractivity contribution in [2.45, 2.75) is 33.4 Å². The third-order valence-electron chi connectivity index (χ3n) is 6.30. The zero-order valence-corrected chi connectivity index (χ0v) is 23.6. The zero-order chi connectivity index (χ0) is 27.9. The monoisotopic (exact) mass is 569 g/mol. The second-order valence-electron chi connectivity index (χ2n) is 9.59. The fraction of sp³-hybridized carbons (Fsp3) is 0.320. The average Bonchev–Trinajstić information content (AvgIpc) is 3.46. The van der Waals surface area contributed by atoms with E-state index in [0.29, 0.717) is 23.0 Å². The van der Waals surface area contributed by atoms with E-state index in [1.807, 2.05) is 12.3 Å². The van der Waals surface area contributed by atoms with Crippen LogP contribution < -0.4 is 5.32 Å². The fourth-order valence-electron chi connectivity index (χ4n) is 4.14. The van der Waals surface area contributed by atoms with E-state index in [9.17, 15) is 16.8 Å². The topological polar surface area (TPSA) is 145 Å². The van der Waals surface area contributed by atoms with Crippen LogP contribution in [0.25, 0.3) is 27.6 Å². The summed E-state index contributed by atoms with van der Waals surface area (Å²) >= 11 is 0. The van der Waals surface area contributed by atoms with E-state index in [-0.39, 0.29) is 24.1 Å². The van der Waals surface area contributed by atoms with Crippen molar-refractivity contribution in [2.24, 2.45) is 0 Å². The Bertz CT molecular complexity index is 1850. The van der Waals surface area contributed by atoms with Crippen molar-refractivity contribution < 1.29 is 20.8 Å². The number of pyridine rings is 1. The molecule has 0 aliphatic carbocycles. The Morgan fingerprint density at radius 2 is 1.85 bits per heavy atom. The van der Waals surface area contributed by atoms with Gasteiger partial charge in [0.2, 0.25) is 12.4 Å². The van der Waals surface area contributed by atoms with Crippen molar-refractivity contribution in [1.82, 2.24) is 29.3 Å². The van der Waals surface area contributed by atoms with Gasteiger partial charge in [0.25, 0.3) is 0 Å². The number of sulfone groups is 1. The van der Waals surface area contributed by atoms with Crippen LogP contribution in [-0.2, 0) is 26.4 Å². The third kappa shape index (κ3) is 5.61. The van der Waals surface area contributed by atoms with Gasteiger partial charge in [-0.15, -0.1) is 0 Å². The molecule has 0 fully saturated rings. The van der Waals surface area contributed by atoms with Gasteiger partial charge in [-0.1, -0.05) is 3.98 Å². The Labute approximate surface area is 226 Å². The molecule has 12 nitrogen and oxygen atoms in total. The van der Waals surface area contributed by atoms with Gasteiger partial charge >= 0.3 is 10.0 Å². The molecule has 0 unspecified atom stereocenters. The predicted molar refractivity (Wildman–Crippen MR) is 150 cm³/mol. The number of rotatable bonds is 10. The van der Waals surface area contributed by atoms with Crippen LogP contribution in [0.4, 0.5) is 11.6 Å². The molecule has 14 heteroatoms. The normalized spacial score (nSPS) is 13.9. The molecule has 39 heavy (non-hydrogen) atoms. The molecule has 0 aromatic carbocycles. The van der Waals surface area contributed by atoms with Gasteiger partial charge in [0.15, 0.2) is 5.82 Å². The van der Waals surface area contributed by atoms with Gasteiger partial charge in [0, 0.05) is 59.7 Å². The smallest absolute Gasteiger partial charge is 0.344 e. The Hall–Kier alpha value is -3.91. The van der Waals surface area contributed by atoms with E-state index in [1.54, 1.807) is 36.3 Å². The van der Waals surface area contributed by atoms with Crippen molar-refractivity contribution in [2.75, 3.05) is 23.1 Å². The highest BCUT2D eigenvalue weighted by molar-refractivity contribution is 7.90. The number of anilines is 2. The molecular weight excluding hydrogens is 540 g/mol. The number of sulfonamides is 1. The van der Waals surface area contributed by atoms with E-state index >= 15 is 0 Å². The van der Waals surface area contributed by atoms with Gasteiger partial charge < -0.3 is 9.88 Å². The molecule has 4 aromatic heterocycles. The lowest BCUT2D eigenvalue weighted by atomic mass is 10.1. The predicted octanol–water partition coefficient (Wildman–Crippen LogP) is 2.85. The summed E-state index contributed by atoms with van der Waals surface area (Å²) in [5.41, 5.74) is 3.41. The molecule has 1 aliphatic heterocycles. The number of aromatic nitrogens is 6. The highest BCUT2D eigenvalue weighted by Crippen LogP contribution is 2.33.